The first-order chi connectivity index (χ1) is 15.2. The van der Waals surface area contributed by atoms with E-state index in [4.69, 9.17) is 0 Å². The van der Waals surface area contributed by atoms with Crippen molar-refractivity contribution in [3.05, 3.63) is 57.6 Å². The lowest BCUT2D eigenvalue weighted by atomic mass is 10.1. The van der Waals surface area contributed by atoms with E-state index >= 15 is 0 Å². The molecular formula is C22H27N5O4S. The van der Waals surface area contributed by atoms with Gasteiger partial charge in [0.2, 0.25) is 11.3 Å². The van der Waals surface area contributed by atoms with Crippen LogP contribution >= 0.6 is 0 Å². The SMILES string of the molecule is Cc1nn([C@H]2CCS(=O)(=O)C2)c(C)c1CN(C)C(=O)CCn1ncc(=O)c2ccccc21. The number of rotatable bonds is 6. The van der Waals surface area contributed by atoms with E-state index in [9.17, 15) is 18.0 Å². The summed E-state index contributed by atoms with van der Waals surface area (Å²) in [5.74, 6) is 0.255. The maximum atomic E-state index is 12.8. The summed E-state index contributed by atoms with van der Waals surface area (Å²) in [6.07, 6.45) is 2.09. The molecule has 9 nitrogen and oxygen atoms in total. The molecule has 4 rings (SSSR count). The highest BCUT2D eigenvalue weighted by Crippen LogP contribution is 2.27. The molecular weight excluding hydrogens is 430 g/mol. The molecule has 32 heavy (non-hydrogen) atoms. The van der Waals surface area contributed by atoms with Crippen LogP contribution in [-0.2, 0) is 27.7 Å². The van der Waals surface area contributed by atoms with Gasteiger partial charge >= 0.3 is 0 Å². The molecule has 1 aromatic carbocycles. The van der Waals surface area contributed by atoms with E-state index in [0.717, 1.165) is 17.0 Å². The predicted octanol–water partition coefficient (Wildman–Crippen LogP) is 1.62. The van der Waals surface area contributed by atoms with Crippen LogP contribution in [0.1, 0.15) is 35.8 Å². The molecule has 1 saturated heterocycles. The number of fused-ring (bicyclic) bond motifs is 1. The van der Waals surface area contributed by atoms with Gasteiger partial charge in [0.05, 0.1) is 41.5 Å². The van der Waals surface area contributed by atoms with Gasteiger partial charge in [-0.1, -0.05) is 12.1 Å². The molecule has 1 atom stereocenters. The molecule has 3 aromatic rings. The van der Waals surface area contributed by atoms with Crippen LogP contribution in [0.5, 0.6) is 0 Å². The fraction of sp³-hybridized carbons (Fsp3) is 0.455. The van der Waals surface area contributed by atoms with E-state index in [1.807, 2.05) is 30.7 Å². The molecule has 3 heterocycles. The monoisotopic (exact) mass is 457 g/mol. The molecule has 1 aliphatic rings. The smallest absolute Gasteiger partial charge is 0.224 e. The van der Waals surface area contributed by atoms with Crippen molar-refractivity contribution in [2.75, 3.05) is 18.6 Å². The van der Waals surface area contributed by atoms with Gasteiger partial charge in [-0.3, -0.25) is 19.0 Å². The Kier molecular flexibility index (Phi) is 5.89. The highest BCUT2D eigenvalue weighted by Gasteiger charge is 2.31. The molecule has 1 amide bonds. The predicted molar refractivity (Wildman–Crippen MR) is 121 cm³/mol. The van der Waals surface area contributed by atoms with Crippen LogP contribution in [0.3, 0.4) is 0 Å². The summed E-state index contributed by atoms with van der Waals surface area (Å²) in [4.78, 5) is 26.4. The van der Waals surface area contributed by atoms with Crippen LogP contribution in [0.25, 0.3) is 10.9 Å². The standard InChI is InChI=1S/C22H27N5O4S/c1-15-19(16(2)27(24-15)17-9-11-32(30,31)14-17)13-25(3)22(29)8-10-26-20-7-5-4-6-18(20)21(28)12-23-26/h4-7,12,17H,8-11,13-14H2,1-3H3/t17-/m0/s1. The van der Waals surface area contributed by atoms with E-state index in [2.05, 4.69) is 10.2 Å². The quantitative estimate of drug-likeness (QED) is 0.557. The van der Waals surface area contributed by atoms with Gasteiger partial charge in [-0.25, -0.2) is 8.42 Å². The zero-order valence-electron chi connectivity index (χ0n) is 18.5. The number of hydrogen-bond acceptors (Lipinski definition) is 6. The van der Waals surface area contributed by atoms with Crippen molar-refractivity contribution in [2.45, 2.75) is 45.8 Å². The molecule has 1 aliphatic heterocycles. The van der Waals surface area contributed by atoms with Crippen molar-refractivity contribution < 1.29 is 13.2 Å². The second kappa shape index (κ2) is 8.50. The molecule has 2 aromatic heterocycles. The summed E-state index contributed by atoms with van der Waals surface area (Å²) in [5.41, 5.74) is 3.21. The number of aryl methyl sites for hydroxylation is 2. The molecule has 0 bridgehead atoms. The Bertz CT molecular complexity index is 1340. The lowest BCUT2D eigenvalue weighted by molar-refractivity contribution is -0.130. The Labute approximate surface area is 186 Å². The Morgan fingerprint density at radius 1 is 1.25 bits per heavy atom. The molecule has 0 unspecified atom stereocenters. The largest absolute Gasteiger partial charge is 0.341 e. The van der Waals surface area contributed by atoms with Gasteiger partial charge in [0.1, 0.15) is 0 Å². The highest BCUT2D eigenvalue weighted by atomic mass is 32.2. The fourth-order valence-corrected chi connectivity index (χ4v) is 6.00. The minimum Gasteiger partial charge on any atom is -0.341 e. The fourth-order valence-electron chi connectivity index (χ4n) is 4.31. The average Bonchev–Trinajstić information content (AvgIpc) is 3.26. The second-order valence-corrected chi connectivity index (χ2v) is 10.6. The number of carbonyl (C=O) groups excluding carboxylic acids is 1. The molecule has 0 N–H and O–H groups in total. The van der Waals surface area contributed by atoms with E-state index in [0.29, 0.717) is 30.4 Å². The normalized spacial score (nSPS) is 17.7. The first kappa shape index (κ1) is 22.2. The number of sulfone groups is 1. The maximum Gasteiger partial charge on any atom is 0.224 e. The van der Waals surface area contributed by atoms with Crippen LogP contribution in [0.4, 0.5) is 0 Å². The number of nitrogens with zero attached hydrogens (tertiary/aromatic N) is 5. The number of amides is 1. The zero-order chi connectivity index (χ0) is 23.0. The topological polar surface area (TPSA) is 107 Å². The van der Waals surface area contributed by atoms with Gasteiger partial charge in [0.15, 0.2) is 9.84 Å². The summed E-state index contributed by atoms with van der Waals surface area (Å²) in [5, 5.41) is 9.34. The Hall–Kier alpha value is -3.01. The van der Waals surface area contributed by atoms with Gasteiger partial charge in [-0.05, 0) is 32.4 Å². The van der Waals surface area contributed by atoms with Crippen LogP contribution in [0.15, 0.2) is 35.3 Å². The third-order valence-electron chi connectivity index (χ3n) is 6.15. The summed E-state index contributed by atoms with van der Waals surface area (Å²) < 4.78 is 27.2. The number of para-hydroxylation sites is 1. The molecule has 10 heteroatoms. The minimum absolute atomic E-state index is 0.0513. The number of aromatic nitrogens is 4. The van der Waals surface area contributed by atoms with Crippen LogP contribution in [-0.4, -0.2) is 57.3 Å². The summed E-state index contributed by atoms with van der Waals surface area (Å²) in [6.45, 7) is 4.57. The van der Waals surface area contributed by atoms with Crippen molar-refractivity contribution >= 4 is 26.6 Å². The number of benzene rings is 1. The Balaban J connectivity index is 1.45. The minimum atomic E-state index is -3.01. The summed E-state index contributed by atoms with van der Waals surface area (Å²) >= 11 is 0. The lowest BCUT2D eigenvalue weighted by Crippen LogP contribution is -2.28. The molecule has 170 valence electrons. The van der Waals surface area contributed by atoms with Gasteiger partial charge in [0.25, 0.3) is 0 Å². The Morgan fingerprint density at radius 2 is 2.00 bits per heavy atom. The first-order valence-corrected chi connectivity index (χ1v) is 12.4. The van der Waals surface area contributed by atoms with E-state index in [1.165, 1.54) is 6.20 Å². The molecule has 0 aliphatic carbocycles. The van der Waals surface area contributed by atoms with E-state index < -0.39 is 9.84 Å². The summed E-state index contributed by atoms with van der Waals surface area (Å²) in [7, 11) is -1.26. The third-order valence-corrected chi connectivity index (χ3v) is 7.90. The molecule has 0 saturated carbocycles. The van der Waals surface area contributed by atoms with Gasteiger partial charge in [0, 0.05) is 36.7 Å². The molecule has 1 fully saturated rings. The van der Waals surface area contributed by atoms with Crippen molar-refractivity contribution in [3.63, 3.8) is 0 Å². The lowest BCUT2D eigenvalue weighted by Gasteiger charge is -2.19. The van der Waals surface area contributed by atoms with Gasteiger partial charge < -0.3 is 4.90 Å². The van der Waals surface area contributed by atoms with Crippen LogP contribution in [0, 0.1) is 13.8 Å². The van der Waals surface area contributed by atoms with Crippen molar-refractivity contribution in [2.24, 2.45) is 0 Å². The van der Waals surface area contributed by atoms with Crippen molar-refractivity contribution in [3.8, 4) is 0 Å². The third kappa shape index (κ3) is 4.32. The Morgan fingerprint density at radius 3 is 2.72 bits per heavy atom. The van der Waals surface area contributed by atoms with E-state index in [-0.39, 0.29) is 35.3 Å². The van der Waals surface area contributed by atoms with Gasteiger partial charge in [-0.15, -0.1) is 0 Å². The average molecular weight is 458 g/mol. The van der Waals surface area contributed by atoms with Crippen LogP contribution < -0.4 is 5.43 Å². The highest BCUT2D eigenvalue weighted by molar-refractivity contribution is 7.91. The summed E-state index contributed by atoms with van der Waals surface area (Å²) in [6, 6.07) is 7.07. The first-order valence-electron chi connectivity index (χ1n) is 10.6. The maximum absolute atomic E-state index is 12.8. The number of carbonyl (C=O) groups is 1. The zero-order valence-corrected chi connectivity index (χ0v) is 19.3. The van der Waals surface area contributed by atoms with Crippen molar-refractivity contribution in [1.82, 2.24) is 24.5 Å². The molecule has 0 radical (unpaired) electrons. The van der Waals surface area contributed by atoms with Crippen molar-refractivity contribution in [1.29, 1.82) is 0 Å². The van der Waals surface area contributed by atoms with Crippen LogP contribution in [0.2, 0.25) is 0 Å². The number of hydrogen-bond donors (Lipinski definition) is 0. The van der Waals surface area contributed by atoms with E-state index in [1.54, 1.807) is 28.8 Å². The second-order valence-electron chi connectivity index (χ2n) is 8.40. The molecule has 0 spiro atoms. The van der Waals surface area contributed by atoms with Gasteiger partial charge in [-0.2, -0.15) is 10.2 Å².